The van der Waals surface area contributed by atoms with Gasteiger partial charge >= 0.3 is 17.9 Å². The third-order valence-electron chi connectivity index (χ3n) is 9.04. The Kier molecular flexibility index (Phi) is 34.5. The molecule has 0 aliphatic heterocycles. The SMILES string of the molecule is CCCCCCCCCCCCCCC(=O)OC[C@@H](COC(=O)CCCCCCCCC)OC(=O)CCCCCCCCCC(C)C. The second kappa shape index (κ2) is 35.7. The molecule has 0 bridgehead atoms. The molecule has 0 spiro atoms. The van der Waals surface area contributed by atoms with E-state index < -0.39 is 6.10 Å². The highest BCUT2D eigenvalue weighted by Crippen LogP contribution is 2.15. The normalized spacial score (nSPS) is 11.9. The van der Waals surface area contributed by atoms with Gasteiger partial charge in [-0.2, -0.15) is 0 Å². The Bertz CT molecular complexity index is 706. The molecule has 0 aromatic heterocycles. The molecule has 0 saturated carbocycles. The zero-order valence-corrected chi connectivity index (χ0v) is 31.7. The molecule has 47 heavy (non-hydrogen) atoms. The largest absolute Gasteiger partial charge is 0.462 e. The zero-order valence-electron chi connectivity index (χ0n) is 31.7. The van der Waals surface area contributed by atoms with Crippen molar-refractivity contribution in [3.8, 4) is 0 Å². The molecule has 0 fully saturated rings. The Balaban J connectivity index is 4.31. The van der Waals surface area contributed by atoms with Crippen LogP contribution in [0.15, 0.2) is 0 Å². The quantitative estimate of drug-likeness (QED) is 0.0376. The topological polar surface area (TPSA) is 78.9 Å². The Morgan fingerprint density at radius 1 is 0.404 bits per heavy atom. The van der Waals surface area contributed by atoms with E-state index in [1.54, 1.807) is 0 Å². The Hall–Kier alpha value is -1.59. The third kappa shape index (κ3) is 35.5. The lowest BCUT2D eigenvalue weighted by Crippen LogP contribution is -2.30. The van der Waals surface area contributed by atoms with Crippen LogP contribution in [0.1, 0.15) is 220 Å². The van der Waals surface area contributed by atoms with Crippen LogP contribution in [-0.2, 0) is 28.6 Å². The summed E-state index contributed by atoms with van der Waals surface area (Å²) in [6.45, 7) is 8.88. The summed E-state index contributed by atoms with van der Waals surface area (Å²) in [6, 6.07) is 0. The summed E-state index contributed by atoms with van der Waals surface area (Å²) in [5.41, 5.74) is 0. The summed E-state index contributed by atoms with van der Waals surface area (Å²) in [5.74, 6) is -0.0926. The van der Waals surface area contributed by atoms with Gasteiger partial charge < -0.3 is 14.2 Å². The van der Waals surface area contributed by atoms with Crippen LogP contribution in [0.25, 0.3) is 0 Å². The molecule has 6 nitrogen and oxygen atoms in total. The summed E-state index contributed by atoms with van der Waals surface area (Å²) >= 11 is 0. The molecule has 1 atom stereocenters. The number of esters is 3. The summed E-state index contributed by atoms with van der Waals surface area (Å²) < 4.78 is 16.6. The average molecular weight is 667 g/mol. The molecule has 6 heteroatoms. The lowest BCUT2D eigenvalue weighted by Gasteiger charge is -2.18. The molecule has 0 saturated heterocycles. The van der Waals surface area contributed by atoms with E-state index in [1.165, 1.54) is 116 Å². The second-order valence-electron chi connectivity index (χ2n) is 14.4. The molecule has 0 radical (unpaired) electrons. The van der Waals surface area contributed by atoms with Gasteiger partial charge in [0, 0.05) is 19.3 Å². The molecule has 0 aromatic rings. The highest BCUT2D eigenvalue weighted by atomic mass is 16.6. The standard InChI is InChI=1S/C41H78O6/c1-5-7-9-11-13-14-15-16-17-21-25-29-33-40(43)46-36-38(35-45-39(42)32-28-24-19-12-10-8-6-2)47-41(44)34-30-26-22-18-20-23-27-31-37(3)4/h37-38H,5-36H2,1-4H3/t38-/m1/s1. The van der Waals surface area contributed by atoms with Gasteiger partial charge in [0.2, 0.25) is 0 Å². The van der Waals surface area contributed by atoms with E-state index in [9.17, 15) is 14.4 Å². The van der Waals surface area contributed by atoms with Crippen LogP contribution in [0.5, 0.6) is 0 Å². The van der Waals surface area contributed by atoms with Gasteiger partial charge in [-0.05, 0) is 25.2 Å². The first-order valence-corrected chi connectivity index (χ1v) is 20.4. The van der Waals surface area contributed by atoms with Crippen molar-refractivity contribution in [1.29, 1.82) is 0 Å². The monoisotopic (exact) mass is 667 g/mol. The smallest absolute Gasteiger partial charge is 0.306 e. The van der Waals surface area contributed by atoms with Gasteiger partial charge in [0.25, 0.3) is 0 Å². The van der Waals surface area contributed by atoms with E-state index in [1.807, 2.05) is 0 Å². The summed E-state index contributed by atoms with van der Waals surface area (Å²) in [7, 11) is 0. The average Bonchev–Trinajstić information content (AvgIpc) is 3.05. The highest BCUT2D eigenvalue weighted by Gasteiger charge is 2.19. The van der Waals surface area contributed by atoms with Crippen molar-refractivity contribution < 1.29 is 28.6 Å². The highest BCUT2D eigenvalue weighted by molar-refractivity contribution is 5.71. The van der Waals surface area contributed by atoms with Crippen LogP contribution >= 0.6 is 0 Å². The number of carbonyl (C=O) groups excluding carboxylic acids is 3. The molecule has 0 N–H and O–H groups in total. The van der Waals surface area contributed by atoms with Crippen LogP contribution in [0.4, 0.5) is 0 Å². The van der Waals surface area contributed by atoms with Crippen LogP contribution in [0, 0.1) is 5.92 Å². The van der Waals surface area contributed by atoms with Crippen molar-refractivity contribution in [3.05, 3.63) is 0 Å². The minimum Gasteiger partial charge on any atom is -0.462 e. The molecule has 0 aliphatic carbocycles. The zero-order chi connectivity index (χ0) is 34.6. The maximum Gasteiger partial charge on any atom is 0.306 e. The summed E-state index contributed by atoms with van der Waals surface area (Å²) in [6.07, 6.45) is 32.4. The molecular weight excluding hydrogens is 588 g/mol. The number of rotatable bonds is 36. The summed E-state index contributed by atoms with van der Waals surface area (Å²) in [5, 5.41) is 0. The fourth-order valence-electron chi connectivity index (χ4n) is 5.92. The van der Waals surface area contributed by atoms with E-state index in [2.05, 4.69) is 27.7 Å². The van der Waals surface area contributed by atoms with Gasteiger partial charge in [-0.25, -0.2) is 0 Å². The number of hydrogen-bond acceptors (Lipinski definition) is 6. The van der Waals surface area contributed by atoms with Gasteiger partial charge in [-0.3, -0.25) is 14.4 Å². The van der Waals surface area contributed by atoms with E-state index in [4.69, 9.17) is 14.2 Å². The van der Waals surface area contributed by atoms with E-state index in [-0.39, 0.29) is 31.1 Å². The molecule has 0 heterocycles. The van der Waals surface area contributed by atoms with E-state index in [0.717, 1.165) is 63.7 Å². The van der Waals surface area contributed by atoms with E-state index in [0.29, 0.717) is 19.3 Å². The van der Waals surface area contributed by atoms with Crippen molar-refractivity contribution in [3.63, 3.8) is 0 Å². The van der Waals surface area contributed by atoms with Gasteiger partial charge in [0.1, 0.15) is 13.2 Å². The van der Waals surface area contributed by atoms with Crippen molar-refractivity contribution in [1.82, 2.24) is 0 Å². The fraction of sp³-hybridized carbons (Fsp3) is 0.927. The maximum absolute atomic E-state index is 12.6. The lowest BCUT2D eigenvalue weighted by atomic mass is 10.0. The Morgan fingerprint density at radius 2 is 0.702 bits per heavy atom. The first kappa shape index (κ1) is 45.4. The van der Waals surface area contributed by atoms with E-state index >= 15 is 0 Å². The van der Waals surface area contributed by atoms with Crippen LogP contribution in [0.3, 0.4) is 0 Å². The predicted octanol–water partition coefficient (Wildman–Crippen LogP) is 12.4. The molecule has 0 amide bonds. The molecule has 0 rings (SSSR count). The predicted molar refractivity (Wildman–Crippen MR) is 196 cm³/mol. The Labute approximate surface area is 291 Å². The summed E-state index contributed by atoms with van der Waals surface area (Å²) in [4.78, 5) is 37.4. The Morgan fingerprint density at radius 3 is 1.04 bits per heavy atom. The van der Waals surface area contributed by atoms with Crippen molar-refractivity contribution in [2.75, 3.05) is 13.2 Å². The molecule has 0 unspecified atom stereocenters. The van der Waals surface area contributed by atoms with Crippen molar-refractivity contribution in [2.24, 2.45) is 5.92 Å². The fourth-order valence-corrected chi connectivity index (χ4v) is 5.92. The number of hydrogen-bond donors (Lipinski definition) is 0. The minimum atomic E-state index is -0.757. The van der Waals surface area contributed by atoms with Crippen LogP contribution in [0.2, 0.25) is 0 Å². The van der Waals surface area contributed by atoms with Gasteiger partial charge in [-0.15, -0.1) is 0 Å². The number of carbonyl (C=O) groups is 3. The van der Waals surface area contributed by atoms with Gasteiger partial charge in [0.15, 0.2) is 6.10 Å². The lowest BCUT2D eigenvalue weighted by molar-refractivity contribution is -0.167. The van der Waals surface area contributed by atoms with Crippen molar-refractivity contribution >= 4 is 17.9 Å². The van der Waals surface area contributed by atoms with Crippen LogP contribution < -0.4 is 0 Å². The first-order valence-electron chi connectivity index (χ1n) is 20.4. The van der Waals surface area contributed by atoms with Crippen LogP contribution in [-0.4, -0.2) is 37.2 Å². The number of unbranched alkanes of at least 4 members (excludes halogenated alkanes) is 23. The second-order valence-corrected chi connectivity index (χ2v) is 14.4. The molecule has 0 aromatic carbocycles. The van der Waals surface area contributed by atoms with Gasteiger partial charge in [-0.1, -0.05) is 182 Å². The maximum atomic E-state index is 12.6. The first-order chi connectivity index (χ1) is 22.9. The minimum absolute atomic E-state index is 0.0656. The third-order valence-corrected chi connectivity index (χ3v) is 9.04. The van der Waals surface area contributed by atoms with Crippen molar-refractivity contribution in [2.45, 2.75) is 226 Å². The molecular formula is C41H78O6. The van der Waals surface area contributed by atoms with Gasteiger partial charge in [0.05, 0.1) is 0 Å². The molecule has 0 aliphatic rings. The number of ether oxygens (including phenoxy) is 3. The molecule has 278 valence electrons.